The van der Waals surface area contributed by atoms with Gasteiger partial charge in [-0.2, -0.15) is 0 Å². The molecule has 2 aromatic rings. The predicted octanol–water partition coefficient (Wildman–Crippen LogP) is 4.39. The molecule has 1 aliphatic carbocycles. The lowest BCUT2D eigenvalue weighted by Crippen LogP contribution is -2.28. The number of likely N-dealkylation sites (tertiary alicyclic amines) is 1. The average molecular weight is 303 g/mol. The van der Waals surface area contributed by atoms with E-state index in [0.717, 1.165) is 37.1 Å². The number of hydrogen-bond acceptors (Lipinski definition) is 1. The molecular formula is C21H21NO. The minimum absolute atomic E-state index is 0.180. The summed E-state index contributed by atoms with van der Waals surface area (Å²) >= 11 is 0. The molecule has 0 bridgehead atoms. The van der Waals surface area contributed by atoms with Gasteiger partial charge in [0, 0.05) is 18.7 Å². The van der Waals surface area contributed by atoms with Crippen molar-refractivity contribution in [2.75, 3.05) is 13.1 Å². The van der Waals surface area contributed by atoms with Crippen LogP contribution in [0.25, 0.3) is 11.1 Å². The molecular weight excluding hydrogens is 282 g/mol. The van der Waals surface area contributed by atoms with Crippen molar-refractivity contribution in [3.63, 3.8) is 0 Å². The number of benzene rings is 2. The van der Waals surface area contributed by atoms with Crippen LogP contribution in [0.3, 0.4) is 0 Å². The molecule has 0 radical (unpaired) electrons. The van der Waals surface area contributed by atoms with Gasteiger partial charge >= 0.3 is 0 Å². The Balaban J connectivity index is 1.49. The number of hydrogen-bond donors (Lipinski definition) is 0. The fraction of sp³-hybridized carbons (Fsp3) is 0.286. The van der Waals surface area contributed by atoms with Crippen LogP contribution in [0.4, 0.5) is 0 Å². The minimum Gasteiger partial charge on any atom is -0.338 e. The van der Waals surface area contributed by atoms with Crippen LogP contribution in [0.5, 0.6) is 0 Å². The van der Waals surface area contributed by atoms with Crippen LogP contribution < -0.4 is 0 Å². The quantitative estimate of drug-likeness (QED) is 0.753. The van der Waals surface area contributed by atoms with Crippen LogP contribution in [0.2, 0.25) is 0 Å². The number of carbonyl (C=O) groups is 1. The molecule has 2 aliphatic rings. The van der Waals surface area contributed by atoms with E-state index in [1.807, 2.05) is 47.4 Å². The van der Waals surface area contributed by atoms with Gasteiger partial charge in [0.15, 0.2) is 0 Å². The summed E-state index contributed by atoms with van der Waals surface area (Å²) < 4.78 is 0. The van der Waals surface area contributed by atoms with E-state index in [1.165, 1.54) is 5.56 Å². The second-order valence-corrected chi connectivity index (χ2v) is 6.62. The zero-order valence-corrected chi connectivity index (χ0v) is 13.2. The third kappa shape index (κ3) is 2.81. The van der Waals surface area contributed by atoms with Crippen molar-refractivity contribution < 1.29 is 4.79 Å². The maximum atomic E-state index is 12.7. The number of allylic oxidation sites excluding steroid dienone is 2. The van der Waals surface area contributed by atoms with Crippen molar-refractivity contribution in [3.05, 3.63) is 72.3 Å². The highest BCUT2D eigenvalue weighted by atomic mass is 16.2. The Bertz CT molecular complexity index is 701. The Kier molecular flexibility index (Phi) is 3.74. The van der Waals surface area contributed by atoms with Gasteiger partial charge in [-0.3, -0.25) is 4.79 Å². The third-order valence-corrected chi connectivity index (χ3v) is 5.15. The summed E-state index contributed by atoms with van der Waals surface area (Å²) in [5, 5.41) is 0. The van der Waals surface area contributed by atoms with Gasteiger partial charge in [0.1, 0.15) is 0 Å². The first-order valence-corrected chi connectivity index (χ1v) is 8.41. The van der Waals surface area contributed by atoms with E-state index in [-0.39, 0.29) is 5.91 Å². The Morgan fingerprint density at radius 2 is 1.35 bits per heavy atom. The maximum Gasteiger partial charge on any atom is 0.253 e. The smallest absolute Gasteiger partial charge is 0.253 e. The average Bonchev–Trinajstić information content (AvgIpc) is 3.06. The molecule has 0 saturated carbocycles. The number of carbonyl (C=O) groups excluding carboxylic acids is 1. The summed E-state index contributed by atoms with van der Waals surface area (Å²) in [6.45, 7) is 1.82. The molecule has 1 amide bonds. The highest BCUT2D eigenvalue weighted by molar-refractivity contribution is 5.95. The van der Waals surface area contributed by atoms with Crippen molar-refractivity contribution >= 4 is 5.91 Å². The van der Waals surface area contributed by atoms with Crippen molar-refractivity contribution in [3.8, 4) is 11.1 Å². The van der Waals surface area contributed by atoms with Gasteiger partial charge in [0.2, 0.25) is 0 Å². The van der Waals surface area contributed by atoms with Gasteiger partial charge in [-0.15, -0.1) is 0 Å². The number of amides is 1. The maximum absolute atomic E-state index is 12.7. The molecule has 2 unspecified atom stereocenters. The Morgan fingerprint density at radius 1 is 0.783 bits per heavy atom. The third-order valence-electron chi connectivity index (χ3n) is 5.15. The fourth-order valence-corrected chi connectivity index (χ4v) is 3.80. The molecule has 2 heteroatoms. The van der Waals surface area contributed by atoms with E-state index in [9.17, 15) is 4.79 Å². The molecule has 1 saturated heterocycles. The summed E-state index contributed by atoms with van der Waals surface area (Å²) in [6, 6.07) is 18.3. The Labute approximate surface area is 137 Å². The second kappa shape index (κ2) is 6.04. The molecule has 4 rings (SSSR count). The first-order valence-electron chi connectivity index (χ1n) is 8.41. The van der Waals surface area contributed by atoms with Crippen molar-refractivity contribution in [1.29, 1.82) is 0 Å². The topological polar surface area (TPSA) is 20.3 Å². The highest BCUT2D eigenvalue weighted by Crippen LogP contribution is 2.33. The first kappa shape index (κ1) is 14.3. The van der Waals surface area contributed by atoms with Gasteiger partial charge < -0.3 is 4.90 Å². The molecule has 0 N–H and O–H groups in total. The van der Waals surface area contributed by atoms with Gasteiger partial charge in [0.25, 0.3) is 5.91 Å². The predicted molar refractivity (Wildman–Crippen MR) is 93.1 cm³/mol. The highest BCUT2D eigenvalue weighted by Gasteiger charge is 2.35. The molecule has 1 aliphatic heterocycles. The minimum atomic E-state index is 0.180. The van der Waals surface area contributed by atoms with E-state index >= 15 is 0 Å². The number of nitrogens with zero attached hydrogens (tertiary/aromatic N) is 1. The van der Waals surface area contributed by atoms with E-state index in [0.29, 0.717) is 11.8 Å². The van der Waals surface area contributed by atoms with Gasteiger partial charge in [-0.25, -0.2) is 0 Å². The zero-order chi connectivity index (χ0) is 15.6. The molecule has 116 valence electrons. The monoisotopic (exact) mass is 303 g/mol. The lowest BCUT2D eigenvalue weighted by molar-refractivity contribution is 0.0784. The van der Waals surface area contributed by atoms with Crippen LogP contribution in [-0.4, -0.2) is 23.9 Å². The molecule has 0 aromatic heterocycles. The molecule has 2 aromatic carbocycles. The van der Waals surface area contributed by atoms with Crippen LogP contribution in [0.1, 0.15) is 23.2 Å². The standard InChI is InChI=1S/C21H21NO/c23-21(22-14-19-8-4-5-9-20(19)15-22)18-12-10-17(11-13-18)16-6-2-1-3-7-16/h1-7,10-13,19-20H,8-9,14-15H2. The van der Waals surface area contributed by atoms with Gasteiger partial charge in [0.05, 0.1) is 0 Å². The molecule has 0 spiro atoms. The van der Waals surface area contributed by atoms with Crippen LogP contribution in [-0.2, 0) is 0 Å². The number of fused-ring (bicyclic) bond motifs is 1. The lowest BCUT2D eigenvalue weighted by atomic mass is 9.86. The summed E-state index contributed by atoms with van der Waals surface area (Å²) in [5.41, 5.74) is 3.14. The summed E-state index contributed by atoms with van der Waals surface area (Å²) in [7, 11) is 0. The van der Waals surface area contributed by atoms with E-state index in [1.54, 1.807) is 0 Å². The number of rotatable bonds is 2. The van der Waals surface area contributed by atoms with Crippen LogP contribution >= 0.6 is 0 Å². The molecule has 1 fully saturated rings. The molecule has 2 atom stereocenters. The van der Waals surface area contributed by atoms with E-state index in [2.05, 4.69) is 24.3 Å². The SMILES string of the molecule is O=C(c1ccc(-c2ccccc2)cc1)N1CC2CC=CCC2C1. The van der Waals surface area contributed by atoms with Crippen molar-refractivity contribution in [1.82, 2.24) is 4.90 Å². The second-order valence-electron chi connectivity index (χ2n) is 6.62. The van der Waals surface area contributed by atoms with Gasteiger partial charge in [-0.05, 0) is 47.9 Å². The molecule has 1 heterocycles. The normalized spacial score (nSPS) is 22.9. The summed E-state index contributed by atoms with van der Waals surface area (Å²) in [5.74, 6) is 1.50. The summed E-state index contributed by atoms with van der Waals surface area (Å²) in [6.07, 6.45) is 6.79. The Morgan fingerprint density at radius 3 is 1.96 bits per heavy atom. The van der Waals surface area contributed by atoms with Crippen molar-refractivity contribution in [2.24, 2.45) is 11.8 Å². The molecule has 23 heavy (non-hydrogen) atoms. The molecule has 2 nitrogen and oxygen atoms in total. The van der Waals surface area contributed by atoms with Crippen molar-refractivity contribution in [2.45, 2.75) is 12.8 Å². The summed E-state index contributed by atoms with van der Waals surface area (Å²) in [4.78, 5) is 14.8. The van der Waals surface area contributed by atoms with Crippen LogP contribution in [0, 0.1) is 11.8 Å². The zero-order valence-electron chi connectivity index (χ0n) is 13.2. The van der Waals surface area contributed by atoms with Gasteiger partial charge in [-0.1, -0.05) is 54.6 Å². The first-order chi connectivity index (χ1) is 11.3. The van der Waals surface area contributed by atoms with Crippen LogP contribution in [0.15, 0.2) is 66.7 Å². The van der Waals surface area contributed by atoms with E-state index in [4.69, 9.17) is 0 Å². The largest absolute Gasteiger partial charge is 0.338 e. The Hall–Kier alpha value is -2.35. The van der Waals surface area contributed by atoms with E-state index < -0.39 is 0 Å². The lowest BCUT2D eigenvalue weighted by Gasteiger charge is -2.17. The fourth-order valence-electron chi connectivity index (χ4n) is 3.80.